The molecule has 2 unspecified atom stereocenters. The molecule has 1 aromatic carbocycles. The molecule has 9 nitrogen and oxygen atoms in total. The molecule has 2 rings (SSSR count). The van der Waals surface area contributed by atoms with Crippen LogP contribution >= 0.6 is 0 Å². The minimum absolute atomic E-state index is 0.0911. The van der Waals surface area contributed by atoms with Crippen molar-refractivity contribution in [2.75, 3.05) is 13.2 Å². The number of rotatable bonds is 12. The van der Waals surface area contributed by atoms with Gasteiger partial charge in [-0.3, -0.25) is 19.7 Å². The highest BCUT2D eigenvalue weighted by Crippen LogP contribution is 2.23. The third-order valence-corrected chi connectivity index (χ3v) is 6.33. The zero-order valence-corrected chi connectivity index (χ0v) is 21.3. The van der Waals surface area contributed by atoms with Gasteiger partial charge >= 0.3 is 11.9 Å². The third kappa shape index (κ3) is 7.78. The molecule has 0 aliphatic carbocycles. The first-order chi connectivity index (χ1) is 16.6. The summed E-state index contributed by atoms with van der Waals surface area (Å²) in [6, 6.07) is 6.25. The van der Waals surface area contributed by atoms with E-state index in [-0.39, 0.29) is 24.3 Å². The van der Waals surface area contributed by atoms with E-state index in [2.05, 4.69) is 10.6 Å². The molecule has 0 saturated carbocycles. The molecule has 0 spiro atoms. The van der Waals surface area contributed by atoms with Crippen LogP contribution in [0.4, 0.5) is 0 Å². The Morgan fingerprint density at radius 3 is 2.34 bits per heavy atom. The number of carbonyl (C=O) groups is 4. The fourth-order valence-electron chi connectivity index (χ4n) is 4.45. The van der Waals surface area contributed by atoms with Crippen molar-refractivity contribution in [3.05, 3.63) is 35.9 Å². The number of carboxylic acids is 1. The van der Waals surface area contributed by atoms with E-state index in [1.165, 1.54) is 4.90 Å². The Morgan fingerprint density at radius 1 is 1.11 bits per heavy atom. The molecular weight excluding hydrogens is 450 g/mol. The van der Waals surface area contributed by atoms with Gasteiger partial charge in [-0.05, 0) is 44.6 Å². The van der Waals surface area contributed by atoms with E-state index in [0.29, 0.717) is 25.8 Å². The number of carbonyl (C=O) groups excluding carboxylic acids is 3. The van der Waals surface area contributed by atoms with Crippen LogP contribution in [0.2, 0.25) is 0 Å². The Morgan fingerprint density at radius 2 is 1.77 bits per heavy atom. The number of hydrogen-bond donors (Lipinski definition) is 3. The number of carboxylic acid groups (broad SMARTS) is 1. The molecule has 194 valence electrons. The lowest BCUT2D eigenvalue weighted by atomic mass is 9.92. The summed E-state index contributed by atoms with van der Waals surface area (Å²) < 4.78 is 5.26. The maximum atomic E-state index is 13.3. The molecule has 1 fully saturated rings. The van der Waals surface area contributed by atoms with Gasteiger partial charge < -0.3 is 20.1 Å². The molecule has 9 heteroatoms. The molecule has 5 atom stereocenters. The van der Waals surface area contributed by atoms with Crippen molar-refractivity contribution < 1.29 is 29.0 Å². The number of nitrogens with zero attached hydrogens (tertiary/aromatic N) is 1. The van der Waals surface area contributed by atoms with Crippen LogP contribution in [-0.2, 0) is 23.9 Å². The van der Waals surface area contributed by atoms with Crippen molar-refractivity contribution in [1.29, 1.82) is 0 Å². The van der Waals surface area contributed by atoms with Crippen LogP contribution in [0.5, 0.6) is 0 Å². The van der Waals surface area contributed by atoms with Gasteiger partial charge in [0.2, 0.25) is 11.8 Å². The molecule has 35 heavy (non-hydrogen) atoms. The normalized spacial score (nSPS) is 19.0. The lowest BCUT2D eigenvalue weighted by molar-refractivity contribution is -0.147. The molecule has 1 saturated heterocycles. The first-order valence-electron chi connectivity index (χ1n) is 12.4. The molecule has 0 bridgehead atoms. The van der Waals surface area contributed by atoms with Gasteiger partial charge in [-0.15, -0.1) is 0 Å². The molecule has 1 heterocycles. The highest BCUT2D eigenvalue weighted by molar-refractivity contribution is 5.92. The number of nitrogens with one attached hydrogen (secondary N) is 2. The summed E-state index contributed by atoms with van der Waals surface area (Å²) in [5, 5.41) is 15.2. The predicted molar refractivity (Wildman–Crippen MR) is 132 cm³/mol. The molecule has 1 aromatic rings. The summed E-state index contributed by atoms with van der Waals surface area (Å²) in [7, 11) is 0. The average Bonchev–Trinajstić information content (AvgIpc) is 3.31. The Balaban J connectivity index is 2.13. The Labute approximate surface area is 207 Å². The molecule has 3 N–H and O–H groups in total. The summed E-state index contributed by atoms with van der Waals surface area (Å²) in [5.41, 5.74) is 0.931. The number of hydrogen-bond acceptors (Lipinski definition) is 6. The minimum atomic E-state index is -1.09. The average molecular weight is 490 g/mol. The number of ether oxygens (including phenoxy) is 1. The van der Waals surface area contributed by atoms with Crippen LogP contribution in [0.1, 0.15) is 65.4 Å². The summed E-state index contributed by atoms with van der Waals surface area (Å²) in [5.74, 6) is -2.48. The van der Waals surface area contributed by atoms with E-state index in [1.54, 1.807) is 13.8 Å². The van der Waals surface area contributed by atoms with Crippen molar-refractivity contribution in [2.45, 2.75) is 84.0 Å². The molecule has 0 radical (unpaired) electrons. The van der Waals surface area contributed by atoms with Crippen molar-refractivity contribution >= 4 is 23.8 Å². The maximum absolute atomic E-state index is 13.3. The smallest absolute Gasteiger partial charge is 0.326 e. The SMILES string of the molecule is CCOC(=O)C(N[C@@H](C)C(=O)N1CCC[C@H]1C(=O)N[C@@H](CC(C)C)C(=O)O)C(C)c1ccccc1. The van der Waals surface area contributed by atoms with Crippen molar-refractivity contribution in [3.63, 3.8) is 0 Å². The zero-order chi connectivity index (χ0) is 26.1. The lowest BCUT2D eigenvalue weighted by Gasteiger charge is -2.31. The first-order valence-corrected chi connectivity index (χ1v) is 12.4. The largest absolute Gasteiger partial charge is 0.480 e. The number of amides is 2. The van der Waals surface area contributed by atoms with E-state index in [0.717, 1.165) is 5.56 Å². The van der Waals surface area contributed by atoms with Gasteiger partial charge in [0.15, 0.2) is 0 Å². The second-order valence-electron chi connectivity index (χ2n) is 9.54. The lowest BCUT2D eigenvalue weighted by Crippen LogP contribution is -2.56. The Hall–Kier alpha value is -2.94. The van der Waals surface area contributed by atoms with E-state index >= 15 is 0 Å². The van der Waals surface area contributed by atoms with Crippen LogP contribution in [0.3, 0.4) is 0 Å². The van der Waals surface area contributed by atoms with Crippen molar-refractivity contribution in [2.24, 2.45) is 5.92 Å². The van der Waals surface area contributed by atoms with Gasteiger partial charge in [0.05, 0.1) is 12.6 Å². The van der Waals surface area contributed by atoms with Gasteiger partial charge in [0.1, 0.15) is 18.1 Å². The third-order valence-electron chi connectivity index (χ3n) is 6.33. The van der Waals surface area contributed by atoms with Crippen LogP contribution in [0.25, 0.3) is 0 Å². The van der Waals surface area contributed by atoms with Crippen molar-refractivity contribution in [3.8, 4) is 0 Å². The molecule has 1 aliphatic heterocycles. The van der Waals surface area contributed by atoms with E-state index in [4.69, 9.17) is 4.74 Å². The molecule has 2 amide bonds. The first kappa shape index (κ1) is 28.3. The maximum Gasteiger partial charge on any atom is 0.326 e. The van der Waals surface area contributed by atoms with Crippen LogP contribution in [0, 0.1) is 5.92 Å². The van der Waals surface area contributed by atoms with E-state index in [9.17, 15) is 24.3 Å². The highest BCUT2D eigenvalue weighted by atomic mass is 16.5. The number of esters is 1. The fourth-order valence-corrected chi connectivity index (χ4v) is 4.45. The topological polar surface area (TPSA) is 125 Å². The van der Waals surface area contributed by atoms with Gasteiger partial charge in [-0.2, -0.15) is 0 Å². The summed E-state index contributed by atoms with van der Waals surface area (Å²) in [6.45, 7) is 9.67. The van der Waals surface area contributed by atoms with Gasteiger partial charge in [0, 0.05) is 12.5 Å². The van der Waals surface area contributed by atoms with Gasteiger partial charge in [-0.25, -0.2) is 4.79 Å². The van der Waals surface area contributed by atoms with Crippen LogP contribution in [-0.4, -0.2) is 71.1 Å². The van der Waals surface area contributed by atoms with E-state index < -0.39 is 42.0 Å². The number of aliphatic carboxylic acids is 1. The summed E-state index contributed by atoms with van der Waals surface area (Å²) in [6.07, 6.45) is 1.40. The number of benzene rings is 1. The highest BCUT2D eigenvalue weighted by Gasteiger charge is 2.39. The molecular formula is C26H39N3O6. The van der Waals surface area contributed by atoms with Crippen LogP contribution in [0.15, 0.2) is 30.3 Å². The van der Waals surface area contributed by atoms with Crippen LogP contribution < -0.4 is 10.6 Å². The zero-order valence-electron chi connectivity index (χ0n) is 21.3. The summed E-state index contributed by atoms with van der Waals surface area (Å²) in [4.78, 5) is 52.1. The van der Waals surface area contributed by atoms with Crippen molar-refractivity contribution in [1.82, 2.24) is 15.5 Å². The van der Waals surface area contributed by atoms with Gasteiger partial charge in [-0.1, -0.05) is 51.1 Å². The van der Waals surface area contributed by atoms with Gasteiger partial charge in [0.25, 0.3) is 0 Å². The van der Waals surface area contributed by atoms with E-state index in [1.807, 2.05) is 51.1 Å². The monoisotopic (exact) mass is 489 g/mol. The minimum Gasteiger partial charge on any atom is -0.480 e. The quantitative estimate of drug-likeness (QED) is 0.385. The Bertz CT molecular complexity index is 875. The second kappa shape index (κ2) is 13.2. The summed E-state index contributed by atoms with van der Waals surface area (Å²) >= 11 is 0. The molecule has 1 aliphatic rings. The Kier molecular flexibility index (Phi) is 10.7. The number of likely N-dealkylation sites (tertiary alicyclic amines) is 1. The predicted octanol–water partition coefficient (Wildman–Crippen LogP) is 2.31. The second-order valence-corrected chi connectivity index (χ2v) is 9.54. The standard InChI is InChI=1S/C26H39N3O6/c1-6-35-26(34)22(17(4)19-11-8-7-9-12-19)27-18(5)24(31)29-14-10-13-21(29)23(30)28-20(25(32)33)15-16(2)3/h7-9,11-12,16-18,20-22,27H,6,10,13-15H2,1-5H3,(H,28,30)(H,32,33)/t17?,18-,20-,21-,22?/m0/s1. The fraction of sp³-hybridized carbons (Fsp3) is 0.615. The molecule has 0 aromatic heterocycles.